The molecule has 0 aliphatic heterocycles. The molecule has 0 fully saturated rings. The summed E-state index contributed by atoms with van der Waals surface area (Å²) in [6.07, 6.45) is 1.65. The first-order valence-electron chi connectivity index (χ1n) is 6.19. The topological polar surface area (TPSA) is 55.1 Å². The minimum Gasteiger partial charge on any atom is -0.494 e. The van der Waals surface area contributed by atoms with Gasteiger partial charge in [-0.25, -0.2) is 4.57 Å². The van der Waals surface area contributed by atoms with E-state index in [-0.39, 0.29) is 11.4 Å². The number of nitrogens with zero attached hydrogens (tertiary/aromatic N) is 2. The van der Waals surface area contributed by atoms with Crippen molar-refractivity contribution in [2.75, 3.05) is 0 Å². The second-order valence-corrected chi connectivity index (χ2v) is 4.29. The second-order valence-electron chi connectivity index (χ2n) is 4.29. The molecular formula is C16H12N2O2. The van der Waals surface area contributed by atoms with Gasteiger partial charge in [-0.05, 0) is 30.3 Å². The normalized spacial score (nSPS) is 10.4. The Kier molecular flexibility index (Phi) is 3.05. The van der Waals surface area contributed by atoms with Gasteiger partial charge in [0.05, 0.1) is 16.9 Å². The van der Waals surface area contributed by atoms with Crippen LogP contribution >= 0.6 is 0 Å². The van der Waals surface area contributed by atoms with E-state index < -0.39 is 0 Å². The smallest absolute Gasteiger partial charge is 0.257 e. The lowest BCUT2D eigenvalue weighted by molar-refractivity contribution is 0.437. The van der Waals surface area contributed by atoms with Crippen LogP contribution in [0.25, 0.3) is 16.9 Å². The molecule has 4 heteroatoms. The highest BCUT2D eigenvalue weighted by Crippen LogP contribution is 2.27. The molecule has 98 valence electrons. The molecule has 0 aliphatic carbocycles. The molecule has 1 aromatic carbocycles. The Bertz CT molecular complexity index is 781. The van der Waals surface area contributed by atoms with Crippen molar-refractivity contribution >= 4 is 0 Å². The van der Waals surface area contributed by atoms with Crippen LogP contribution in [0, 0.1) is 0 Å². The SMILES string of the molecule is O=c1ccc(-c2ccccn2)c(O)n1-c1ccccc1. The van der Waals surface area contributed by atoms with E-state index in [0.29, 0.717) is 16.9 Å². The monoisotopic (exact) mass is 264 g/mol. The third-order valence-corrected chi connectivity index (χ3v) is 3.02. The van der Waals surface area contributed by atoms with Gasteiger partial charge < -0.3 is 5.11 Å². The maximum absolute atomic E-state index is 12.0. The summed E-state index contributed by atoms with van der Waals surface area (Å²) in [6.45, 7) is 0. The third-order valence-electron chi connectivity index (χ3n) is 3.02. The zero-order valence-electron chi connectivity index (χ0n) is 10.6. The number of aromatic nitrogens is 2. The number of pyridine rings is 2. The average molecular weight is 264 g/mol. The van der Waals surface area contributed by atoms with Crippen LogP contribution in [0.2, 0.25) is 0 Å². The fourth-order valence-corrected chi connectivity index (χ4v) is 2.08. The van der Waals surface area contributed by atoms with Crippen molar-refractivity contribution in [1.29, 1.82) is 0 Å². The van der Waals surface area contributed by atoms with Gasteiger partial charge >= 0.3 is 0 Å². The molecule has 4 nitrogen and oxygen atoms in total. The summed E-state index contributed by atoms with van der Waals surface area (Å²) < 4.78 is 1.27. The molecule has 0 radical (unpaired) electrons. The standard InChI is InChI=1S/C16H12N2O2/c19-15-10-9-13(14-8-4-5-11-17-14)16(20)18(15)12-6-2-1-3-7-12/h1-11,20H. The molecule has 3 aromatic rings. The minimum absolute atomic E-state index is 0.109. The van der Waals surface area contributed by atoms with Gasteiger partial charge in [0.1, 0.15) is 0 Å². The van der Waals surface area contributed by atoms with Gasteiger partial charge in [0.2, 0.25) is 5.88 Å². The van der Waals surface area contributed by atoms with Crippen molar-refractivity contribution in [1.82, 2.24) is 9.55 Å². The van der Waals surface area contributed by atoms with Crippen molar-refractivity contribution in [3.63, 3.8) is 0 Å². The molecule has 0 atom stereocenters. The summed E-state index contributed by atoms with van der Waals surface area (Å²) in [4.78, 5) is 16.2. The van der Waals surface area contributed by atoms with Gasteiger partial charge in [0, 0.05) is 12.3 Å². The summed E-state index contributed by atoms with van der Waals surface area (Å²) in [5.41, 5.74) is 1.48. The van der Waals surface area contributed by atoms with E-state index in [1.165, 1.54) is 10.6 Å². The molecule has 20 heavy (non-hydrogen) atoms. The summed E-state index contributed by atoms with van der Waals surface area (Å²) in [5.74, 6) is -0.109. The molecular weight excluding hydrogens is 252 g/mol. The van der Waals surface area contributed by atoms with Crippen LogP contribution in [0.3, 0.4) is 0 Å². The maximum Gasteiger partial charge on any atom is 0.257 e. The molecule has 0 spiro atoms. The third kappa shape index (κ3) is 2.07. The van der Waals surface area contributed by atoms with Crippen molar-refractivity contribution in [3.8, 4) is 22.8 Å². The number of benzene rings is 1. The maximum atomic E-state index is 12.0. The molecule has 1 N–H and O–H groups in total. The number of hydrogen-bond acceptors (Lipinski definition) is 3. The molecule has 0 unspecified atom stereocenters. The van der Waals surface area contributed by atoms with Gasteiger partial charge in [0.25, 0.3) is 5.56 Å². The van der Waals surface area contributed by atoms with Crippen molar-refractivity contribution in [2.24, 2.45) is 0 Å². The molecule has 3 rings (SSSR count). The Morgan fingerprint density at radius 3 is 2.35 bits per heavy atom. The van der Waals surface area contributed by atoms with Crippen LogP contribution in [-0.4, -0.2) is 14.7 Å². The predicted octanol–water partition coefficient (Wildman–Crippen LogP) is 2.61. The Balaban J connectivity index is 2.25. The van der Waals surface area contributed by atoms with Gasteiger partial charge in [-0.3, -0.25) is 9.78 Å². The lowest BCUT2D eigenvalue weighted by Crippen LogP contribution is -2.17. The number of aromatic hydroxyl groups is 1. The van der Waals surface area contributed by atoms with Crippen LogP contribution in [0.15, 0.2) is 71.7 Å². The predicted molar refractivity (Wildman–Crippen MR) is 76.9 cm³/mol. The number of hydrogen-bond donors (Lipinski definition) is 1. The highest BCUT2D eigenvalue weighted by Gasteiger charge is 2.12. The summed E-state index contributed by atoms with van der Waals surface area (Å²) in [5, 5.41) is 10.4. The van der Waals surface area contributed by atoms with Crippen molar-refractivity contribution in [3.05, 3.63) is 77.2 Å². The van der Waals surface area contributed by atoms with Crippen LogP contribution < -0.4 is 5.56 Å². The van der Waals surface area contributed by atoms with Gasteiger partial charge in [-0.15, -0.1) is 0 Å². The summed E-state index contributed by atoms with van der Waals surface area (Å²) in [6, 6.07) is 17.4. The van der Waals surface area contributed by atoms with E-state index in [9.17, 15) is 9.90 Å². The average Bonchev–Trinajstić information content (AvgIpc) is 2.49. The van der Waals surface area contributed by atoms with E-state index in [4.69, 9.17) is 0 Å². The van der Waals surface area contributed by atoms with Crippen LogP contribution in [-0.2, 0) is 0 Å². The van der Waals surface area contributed by atoms with E-state index in [2.05, 4.69) is 4.98 Å². The van der Waals surface area contributed by atoms with Crippen molar-refractivity contribution in [2.45, 2.75) is 0 Å². The van der Waals surface area contributed by atoms with E-state index in [1.54, 1.807) is 36.5 Å². The van der Waals surface area contributed by atoms with Crippen molar-refractivity contribution < 1.29 is 5.11 Å². The highest BCUT2D eigenvalue weighted by molar-refractivity contribution is 5.65. The molecule has 2 heterocycles. The quantitative estimate of drug-likeness (QED) is 0.774. The Hall–Kier alpha value is -2.88. The zero-order valence-corrected chi connectivity index (χ0v) is 10.6. The molecule has 0 saturated carbocycles. The van der Waals surface area contributed by atoms with E-state index in [0.717, 1.165) is 0 Å². The Morgan fingerprint density at radius 2 is 1.65 bits per heavy atom. The van der Waals surface area contributed by atoms with Crippen LogP contribution in [0.5, 0.6) is 5.88 Å². The largest absolute Gasteiger partial charge is 0.494 e. The zero-order chi connectivity index (χ0) is 13.9. The lowest BCUT2D eigenvalue weighted by Gasteiger charge is -2.11. The summed E-state index contributed by atoms with van der Waals surface area (Å²) in [7, 11) is 0. The fourth-order valence-electron chi connectivity index (χ4n) is 2.08. The number of rotatable bonds is 2. The molecule has 0 amide bonds. The van der Waals surface area contributed by atoms with Crippen LogP contribution in [0.1, 0.15) is 0 Å². The van der Waals surface area contributed by atoms with Gasteiger partial charge in [-0.1, -0.05) is 24.3 Å². The first-order chi connectivity index (χ1) is 9.77. The molecule has 0 aliphatic rings. The summed E-state index contributed by atoms with van der Waals surface area (Å²) >= 11 is 0. The Morgan fingerprint density at radius 1 is 0.900 bits per heavy atom. The van der Waals surface area contributed by atoms with E-state index >= 15 is 0 Å². The van der Waals surface area contributed by atoms with Gasteiger partial charge in [0.15, 0.2) is 0 Å². The minimum atomic E-state index is -0.284. The van der Waals surface area contributed by atoms with E-state index in [1.807, 2.05) is 24.3 Å². The lowest BCUT2D eigenvalue weighted by atomic mass is 10.1. The fraction of sp³-hybridized carbons (Fsp3) is 0. The highest BCUT2D eigenvalue weighted by atomic mass is 16.3. The number of para-hydroxylation sites is 1. The first-order valence-corrected chi connectivity index (χ1v) is 6.19. The Labute approximate surface area is 115 Å². The second kappa shape index (κ2) is 5.01. The van der Waals surface area contributed by atoms with Crippen LogP contribution in [0.4, 0.5) is 0 Å². The van der Waals surface area contributed by atoms with Gasteiger partial charge in [-0.2, -0.15) is 0 Å². The molecule has 0 saturated heterocycles. The molecule has 0 bridgehead atoms. The first kappa shape index (κ1) is 12.2. The molecule has 2 aromatic heterocycles.